The highest BCUT2D eigenvalue weighted by atomic mass is 79.9. The van der Waals surface area contributed by atoms with Gasteiger partial charge in [-0.25, -0.2) is 4.98 Å². The lowest BCUT2D eigenvalue weighted by atomic mass is 9.91. The summed E-state index contributed by atoms with van der Waals surface area (Å²) in [5.74, 6) is 0. The predicted molar refractivity (Wildman–Crippen MR) is 62.8 cm³/mol. The van der Waals surface area contributed by atoms with E-state index in [0.29, 0.717) is 0 Å². The molecule has 1 rings (SSSR count). The third kappa shape index (κ3) is 2.53. The van der Waals surface area contributed by atoms with Gasteiger partial charge >= 0.3 is 0 Å². The van der Waals surface area contributed by atoms with Crippen LogP contribution in [-0.4, -0.2) is 4.98 Å². The van der Waals surface area contributed by atoms with Gasteiger partial charge in [-0.15, -0.1) is 11.3 Å². The molecule has 74 valence electrons. The molecule has 0 fully saturated rings. The van der Waals surface area contributed by atoms with Crippen molar-refractivity contribution < 1.29 is 0 Å². The van der Waals surface area contributed by atoms with Crippen molar-refractivity contribution >= 4 is 27.3 Å². The molecule has 0 saturated heterocycles. The molecule has 3 heteroatoms. The van der Waals surface area contributed by atoms with Gasteiger partial charge in [-0.05, 0) is 6.42 Å². The zero-order chi connectivity index (χ0) is 10.1. The van der Waals surface area contributed by atoms with E-state index in [-0.39, 0.29) is 5.41 Å². The SMILES string of the molecule is CCc1nc(C(C)(C)C)c(CBr)s1. The standard InChI is InChI=1S/C10H16BrNS/c1-5-8-12-9(10(2,3)4)7(6-11)13-8/h5-6H2,1-4H3. The molecule has 0 bridgehead atoms. The second kappa shape index (κ2) is 4.09. The molecule has 0 amide bonds. The molecule has 1 nitrogen and oxygen atoms in total. The van der Waals surface area contributed by atoms with Crippen molar-refractivity contribution in [3.05, 3.63) is 15.6 Å². The smallest absolute Gasteiger partial charge is 0.0928 e. The summed E-state index contributed by atoms with van der Waals surface area (Å²) in [6, 6.07) is 0. The average molecular weight is 262 g/mol. The minimum atomic E-state index is 0.174. The predicted octanol–water partition coefficient (Wildman–Crippen LogP) is 3.90. The fraction of sp³-hybridized carbons (Fsp3) is 0.700. The van der Waals surface area contributed by atoms with Crippen LogP contribution in [0.4, 0.5) is 0 Å². The van der Waals surface area contributed by atoms with E-state index in [4.69, 9.17) is 0 Å². The van der Waals surface area contributed by atoms with Gasteiger partial charge in [0.25, 0.3) is 0 Å². The number of alkyl halides is 1. The number of halogens is 1. The van der Waals surface area contributed by atoms with Gasteiger partial charge in [-0.3, -0.25) is 0 Å². The number of rotatable bonds is 2. The van der Waals surface area contributed by atoms with Gasteiger partial charge in [-0.2, -0.15) is 0 Å². The van der Waals surface area contributed by atoms with E-state index in [1.165, 1.54) is 15.6 Å². The molecule has 0 unspecified atom stereocenters. The second-order valence-electron chi connectivity index (χ2n) is 4.12. The van der Waals surface area contributed by atoms with Gasteiger partial charge in [0.05, 0.1) is 10.7 Å². The third-order valence-electron chi connectivity index (χ3n) is 1.88. The molecule has 1 aromatic heterocycles. The Morgan fingerprint density at radius 2 is 2.00 bits per heavy atom. The summed E-state index contributed by atoms with van der Waals surface area (Å²) in [4.78, 5) is 6.04. The minimum absolute atomic E-state index is 0.174. The molecule has 0 atom stereocenters. The summed E-state index contributed by atoms with van der Waals surface area (Å²) in [7, 11) is 0. The lowest BCUT2D eigenvalue weighted by molar-refractivity contribution is 0.567. The number of thiazole rings is 1. The number of hydrogen-bond acceptors (Lipinski definition) is 2. The van der Waals surface area contributed by atoms with Crippen LogP contribution < -0.4 is 0 Å². The zero-order valence-corrected chi connectivity index (χ0v) is 11.1. The van der Waals surface area contributed by atoms with Crippen LogP contribution in [0.1, 0.15) is 43.3 Å². The number of hydrogen-bond donors (Lipinski definition) is 0. The maximum atomic E-state index is 4.66. The summed E-state index contributed by atoms with van der Waals surface area (Å²) >= 11 is 5.34. The molecule has 0 aliphatic heterocycles. The van der Waals surface area contributed by atoms with Crippen molar-refractivity contribution in [2.45, 2.75) is 44.9 Å². The van der Waals surface area contributed by atoms with Gasteiger partial charge in [0.2, 0.25) is 0 Å². The largest absolute Gasteiger partial charge is 0.245 e. The van der Waals surface area contributed by atoms with Gasteiger partial charge in [-0.1, -0.05) is 43.6 Å². The van der Waals surface area contributed by atoms with Crippen molar-refractivity contribution in [1.82, 2.24) is 4.98 Å². The van der Waals surface area contributed by atoms with Crippen molar-refractivity contribution in [3.8, 4) is 0 Å². The first-order valence-corrected chi connectivity index (χ1v) is 6.47. The van der Waals surface area contributed by atoms with E-state index in [2.05, 4.69) is 48.6 Å². The van der Waals surface area contributed by atoms with Crippen LogP contribution in [0.3, 0.4) is 0 Å². The van der Waals surface area contributed by atoms with Crippen LogP contribution in [0, 0.1) is 0 Å². The highest BCUT2D eigenvalue weighted by molar-refractivity contribution is 9.08. The quantitative estimate of drug-likeness (QED) is 0.737. The molecule has 1 aromatic rings. The van der Waals surface area contributed by atoms with Crippen LogP contribution >= 0.6 is 27.3 Å². The number of aromatic nitrogens is 1. The van der Waals surface area contributed by atoms with Gasteiger partial charge in [0.1, 0.15) is 0 Å². The van der Waals surface area contributed by atoms with Crippen LogP contribution in [-0.2, 0) is 17.2 Å². The van der Waals surface area contributed by atoms with Gasteiger partial charge in [0.15, 0.2) is 0 Å². The summed E-state index contributed by atoms with van der Waals surface area (Å²) in [5.41, 5.74) is 1.43. The van der Waals surface area contributed by atoms with Crippen molar-refractivity contribution in [2.24, 2.45) is 0 Å². The van der Waals surface area contributed by atoms with Crippen LogP contribution in [0.5, 0.6) is 0 Å². The first kappa shape index (κ1) is 11.2. The van der Waals surface area contributed by atoms with E-state index in [0.717, 1.165) is 11.8 Å². The zero-order valence-electron chi connectivity index (χ0n) is 8.65. The first-order valence-electron chi connectivity index (χ1n) is 4.54. The Morgan fingerprint density at radius 1 is 1.38 bits per heavy atom. The topological polar surface area (TPSA) is 12.9 Å². The summed E-state index contributed by atoms with van der Waals surface area (Å²) in [6.45, 7) is 8.80. The fourth-order valence-electron chi connectivity index (χ4n) is 1.23. The van der Waals surface area contributed by atoms with E-state index in [1.54, 1.807) is 0 Å². The maximum absolute atomic E-state index is 4.66. The maximum Gasteiger partial charge on any atom is 0.0928 e. The number of nitrogens with zero attached hydrogens (tertiary/aromatic N) is 1. The lowest BCUT2D eigenvalue weighted by Crippen LogP contribution is -2.13. The Balaban J connectivity index is 3.11. The molecule has 0 aliphatic carbocycles. The molecular formula is C10H16BrNS. The Hall–Kier alpha value is 0.110. The molecule has 13 heavy (non-hydrogen) atoms. The highest BCUT2D eigenvalue weighted by Gasteiger charge is 2.21. The van der Waals surface area contributed by atoms with Crippen LogP contribution in [0.15, 0.2) is 0 Å². The number of aryl methyl sites for hydroxylation is 1. The molecule has 0 saturated carbocycles. The molecule has 1 heterocycles. The Labute approximate surface area is 92.7 Å². The third-order valence-corrected chi connectivity index (χ3v) is 4.01. The Morgan fingerprint density at radius 3 is 2.31 bits per heavy atom. The minimum Gasteiger partial charge on any atom is -0.245 e. The molecular weight excluding hydrogens is 246 g/mol. The molecule has 0 spiro atoms. The van der Waals surface area contributed by atoms with E-state index < -0.39 is 0 Å². The van der Waals surface area contributed by atoms with Gasteiger partial charge in [0, 0.05) is 15.6 Å². The monoisotopic (exact) mass is 261 g/mol. The highest BCUT2D eigenvalue weighted by Crippen LogP contribution is 2.31. The lowest BCUT2D eigenvalue weighted by Gasteiger charge is -2.16. The Kier molecular flexibility index (Phi) is 3.52. The molecule has 0 aliphatic rings. The van der Waals surface area contributed by atoms with E-state index in [1.807, 2.05) is 11.3 Å². The van der Waals surface area contributed by atoms with Gasteiger partial charge < -0.3 is 0 Å². The summed E-state index contributed by atoms with van der Waals surface area (Å²) in [6.07, 6.45) is 1.04. The van der Waals surface area contributed by atoms with Crippen molar-refractivity contribution in [2.75, 3.05) is 0 Å². The molecule has 0 radical (unpaired) electrons. The average Bonchev–Trinajstić information content (AvgIpc) is 2.46. The fourth-order valence-corrected chi connectivity index (χ4v) is 2.91. The summed E-state index contributed by atoms with van der Waals surface area (Å²) < 4.78 is 0. The normalized spacial score (nSPS) is 12.1. The molecule has 0 aromatic carbocycles. The second-order valence-corrected chi connectivity index (χ2v) is 5.85. The van der Waals surface area contributed by atoms with E-state index in [9.17, 15) is 0 Å². The van der Waals surface area contributed by atoms with Crippen molar-refractivity contribution in [3.63, 3.8) is 0 Å². The summed E-state index contributed by atoms with van der Waals surface area (Å²) in [5, 5.41) is 2.18. The van der Waals surface area contributed by atoms with E-state index >= 15 is 0 Å². The van der Waals surface area contributed by atoms with Crippen molar-refractivity contribution in [1.29, 1.82) is 0 Å². The first-order chi connectivity index (χ1) is 5.99. The Bertz CT molecular complexity index is 286. The van der Waals surface area contributed by atoms with Crippen LogP contribution in [0.25, 0.3) is 0 Å². The van der Waals surface area contributed by atoms with Crippen LogP contribution in [0.2, 0.25) is 0 Å². The molecule has 0 N–H and O–H groups in total.